The highest BCUT2D eigenvalue weighted by molar-refractivity contribution is 7.89. The molecular formula is C20H23N5O5S2. The highest BCUT2D eigenvalue weighted by Gasteiger charge is 2.35. The van der Waals surface area contributed by atoms with E-state index in [1.54, 1.807) is 44.2 Å². The number of nitrogens with one attached hydrogen (secondary N) is 2. The molecule has 32 heavy (non-hydrogen) atoms. The highest BCUT2D eigenvalue weighted by atomic mass is 32.2. The van der Waals surface area contributed by atoms with Crippen molar-refractivity contribution in [1.29, 1.82) is 0 Å². The number of aliphatic imine (C=N–C) groups is 1. The van der Waals surface area contributed by atoms with Crippen molar-refractivity contribution in [2.45, 2.75) is 24.8 Å². The van der Waals surface area contributed by atoms with E-state index < -0.39 is 27.9 Å². The predicted molar refractivity (Wildman–Crippen MR) is 122 cm³/mol. The minimum atomic E-state index is -4.02. The molecule has 0 saturated carbocycles. The number of thiophene rings is 1. The molecule has 3 rings (SSSR count). The van der Waals surface area contributed by atoms with Crippen LogP contribution in [0.4, 0.5) is 0 Å². The van der Waals surface area contributed by atoms with E-state index in [1.165, 1.54) is 17.4 Å². The van der Waals surface area contributed by atoms with Gasteiger partial charge in [0.2, 0.25) is 10.0 Å². The predicted octanol–water partition coefficient (Wildman–Crippen LogP) is 0.647. The van der Waals surface area contributed by atoms with E-state index in [0.717, 1.165) is 10.4 Å². The number of nitrogens with zero attached hydrogens (tertiary/aromatic N) is 1. The summed E-state index contributed by atoms with van der Waals surface area (Å²) in [5.41, 5.74) is 11.7. The molecule has 10 nitrogen and oxygen atoms in total. The van der Waals surface area contributed by atoms with Crippen molar-refractivity contribution in [3.63, 3.8) is 0 Å². The van der Waals surface area contributed by atoms with Gasteiger partial charge in [-0.15, -0.1) is 11.3 Å². The summed E-state index contributed by atoms with van der Waals surface area (Å²) in [6.45, 7) is 3.44. The van der Waals surface area contributed by atoms with E-state index in [0.29, 0.717) is 17.0 Å². The van der Waals surface area contributed by atoms with Gasteiger partial charge in [-0.1, -0.05) is 12.1 Å². The molecule has 0 spiro atoms. The summed E-state index contributed by atoms with van der Waals surface area (Å²) in [5, 5.41) is 2.58. The van der Waals surface area contributed by atoms with Crippen molar-refractivity contribution in [1.82, 2.24) is 10.0 Å². The van der Waals surface area contributed by atoms with Gasteiger partial charge in [-0.2, -0.15) is 4.72 Å². The third-order valence-corrected chi connectivity index (χ3v) is 7.13. The van der Waals surface area contributed by atoms with Crippen LogP contribution in [-0.2, 0) is 14.8 Å². The molecule has 2 aromatic rings. The molecule has 0 aliphatic carbocycles. The Morgan fingerprint density at radius 3 is 2.78 bits per heavy atom. The number of carbonyl (C=O) groups is 2. The topological polar surface area (TPSA) is 166 Å². The number of carbonyl (C=O) groups excluding carboxylic acids is 2. The minimum absolute atomic E-state index is 0.0121. The van der Waals surface area contributed by atoms with Crippen LogP contribution in [0.25, 0.3) is 6.08 Å². The second-order valence-electron chi connectivity index (χ2n) is 7.08. The third kappa shape index (κ3) is 5.52. The third-order valence-electron chi connectivity index (χ3n) is 4.42. The molecule has 6 N–H and O–H groups in total. The van der Waals surface area contributed by atoms with Crippen LogP contribution in [0.15, 0.2) is 40.2 Å². The molecule has 0 radical (unpaired) electrons. The molecule has 0 bridgehead atoms. The summed E-state index contributed by atoms with van der Waals surface area (Å²) in [6.07, 6.45) is 3.51. The molecule has 1 aliphatic rings. The zero-order chi connectivity index (χ0) is 23.5. The van der Waals surface area contributed by atoms with Crippen molar-refractivity contribution in [2.24, 2.45) is 16.5 Å². The number of sulfonamides is 1. The van der Waals surface area contributed by atoms with Gasteiger partial charge in [0.05, 0.1) is 11.4 Å². The minimum Gasteiger partial charge on any atom is -0.424 e. The summed E-state index contributed by atoms with van der Waals surface area (Å²) in [7, 11) is -4.02. The van der Waals surface area contributed by atoms with E-state index in [9.17, 15) is 18.0 Å². The van der Waals surface area contributed by atoms with Crippen molar-refractivity contribution in [3.05, 3.63) is 51.2 Å². The molecule has 0 unspecified atom stereocenters. The van der Waals surface area contributed by atoms with Crippen molar-refractivity contribution < 1.29 is 22.7 Å². The van der Waals surface area contributed by atoms with Crippen LogP contribution in [0, 0.1) is 13.8 Å². The highest BCUT2D eigenvalue weighted by Crippen LogP contribution is 2.31. The van der Waals surface area contributed by atoms with Crippen LogP contribution >= 0.6 is 11.3 Å². The number of hydrogen-bond acceptors (Lipinski definition) is 7. The van der Waals surface area contributed by atoms with Gasteiger partial charge in [0, 0.05) is 11.4 Å². The van der Waals surface area contributed by atoms with Crippen LogP contribution in [0.2, 0.25) is 0 Å². The van der Waals surface area contributed by atoms with Gasteiger partial charge >= 0.3 is 5.97 Å². The lowest BCUT2D eigenvalue weighted by Gasteiger charge is -2.13. The number of aryl methyl sites for hydroxylation is 2. The fourth-order valence-electron chi connectivity index (χ4n) is 3.11. The number of rotatable bonds is 6. The molecule has 0 saturated heterocycles. The first-order chi connectivity index (χ1) is 15.1. The van der Waals surface area contributed by atoms with Gasteiger partial charge in [0.25, 0.3) is 5.91 Å². The molecule has 0 fully saturated rings. The SMILES string of the molecule is Cc1cc(C)c2c(c1)OC(=O)[C@H](CNC(=O)c1ccc(/C=C\CN=C(N)N)s1)NS2(=O)=O. The molecule has 1 aromatic heterocycles. The molecule has 1 aromatic carbocycles. The van der Waals surface area contributed by atoms with Crippen molar-refractivity contribution >= 4 is 45.3 Å². The Labute approximate surface area is 189 Å². The average molecular weight is 478 g/mol. The monoisotopic (exact) mass is 477 g/mol. The fraction of sp³-hybridized carbons (Fsp3) is 0.250. The average Bonchev–Trinajstić information content (AvgIpc) is 3.12. The molecule has 12 heteroatoms. The number of guanidine groups is 1. The standard InChI is InChI=1S/C20H23N5O5S2/c1-11-8-12(2)17-15(9-11)30-19(27)14(25-32(17,28)29)10-24-18(26)16-6-5-13(31-16)4-3-7-23-20(21)22/h3-6,8-9,14,25H,7,10H2,1-2H3,(H,24,26)(H4,21,22,23)/b4-3-/t14-/m0/s1. The number of nitrogens with two attached hydrogens (primary N) is 2. The number of ether oxygens (including phenoxy) is 1. The Balaban J connectivity index is 1.67. The van der Waals surface area contributed by atoms with Crippen molar-refractivity contribution in [2.75, 3.05) is 13.1 Å². The Bertz CT molecular complexity index is 1210. The second kappa shape index (κ2) is 9.51. The molecular weight excluding hydrogens is 454 g/mol. The second-order valence-corrected chi connectivity index (χ2v) is 9.85. The van der Waals surface area contributed by atoms with Gasteiger partial charge in [0.1, 0.15) is 10.9 Å². The number of esters is 1. The van der Waals surface area contributed by atoms with E-state index in [-0.39, 0.29) is 23.1 Å². The van der Waals surface area contributed by atoms with E-state index >= 15 is 0 Å². The first kappa shape index (κ1) is 23.4. The zero-order valence-corrected chi connectivity index (χ0v) is 19.0. The summed E-state index contributed by atoms with van der Waals surface area (Å²) >= 11 is 1.22. The Kier molecular flexibility index (Phi) is 6.96. The lowest BCUT2D eigenvalue weighted by atomic mass is 10.1. The van der Waals surface area contributed by atoms with Gasteiger partial charge in [-0.05, 0) is 49.2 Å². The van der Waals surface area contributed by atoms with Gasteiger partial charge in [-0.3, -0.25) is 4.79 Å². The Morgan fingerprint density at radius 1 is 1.31 bits per heavy atom. The summed E-state index contributed by atoms with van der Waals surface area (Å²) in [6, 6.07) is 5.28. The first-order valence-corrected chi connectivity index (χ1v) is 11.8. The molecule has 2 heterocycles. The van der Waals surface area contributed by atoms with E-state index in [1.807, 2.05) is 0 Å². The lowest BCUT2D eigenvalue weighted by Crippen LogP contribution is -2.48. The van der Waals surface area contributed by atoms with E-state index in [2.05, 4.69) is 15.0 Å². The summed E-state index contributed by atoms with van der Waals surface area (Å²) in [4.78, 5) is 29.9. The number of fused-ring (bicyclic) bond motifs is 1. The Hall–Kier alpha value is -3.22. The first-order valence-electron chi connectivity index (χ1n) is 9.52. The molecule has 170 valence electrons. The normalized spacial score (nSPS) is 17.3. The number of hydrogen-bond donors (Lipinski definition) is 4. The molecule has 1 atom stereocenters. The van der Waals surface area contributed by atoms with Crippen LogP contribution in [0.1, 0.15) is 25.7 Å². The quantitative estimate of drug-likeness (QED) is 0.205. The van der Waals surface area contributed by atoms with Crippen LogP contribution in [-0.4, -0.2) is 45.4 Å². The number of benzene rings is 1. The van der Waals surface area contributed by atoms with Crippen molar-refractivity contribution in [3.8, 4) is 5.75 Å². The maximum atomic E-state index is 12.8. The smallest absolute Gasteiger partial charge is 0.331 e. The van der Waals surface area contributed by atoms with Crippen LogP contribution in [0.5, 0.6) is 5.75 Å². The van der Waals surface area contributed by atoms with Gasteiger partial charge in [-0.25, -0.2) is 18.2 Å². The summed E-state index contributed by atoms with van der Waals surface area (Å²) < 4.78 is 33.2. The van der Waals surface area contributed by atoms with Crippen LogP contribution in [0.3, 0.4) is 0 Å². The maximum Gasteiger partial charge on any atom is 0.331 e. The van der Waals surface area contributed by atoms with Gasteiger partial charge < -0.3 is 21.5 Å². The molecule has 1 amide bonds. The Morgan fingerprint density at radius 2 is 2.06 bits per heavy atom. The zero-order valence-electron chi connectivity index (χ0n) is 17.4. The lowest BCUT2D eigenvalue weighted by molar-refractivity contribution is -0.136. The summed E-state index contributed by atoms with van der Waals surface area (Å²) in [5.74, 6) is -1.28. The van der Waals surface area contributed by atoms with E-state index in [4.69, 9.17) is 16.2 Å². The molecule has 1 aliphatic heterocycles. The fourth-order valence-corrected chi connectivity index (χ4v) is 5.48. The number of amides is 1. The maximum absolute atomic E-state index is 12.8. The van der Waals surface area contributed by atoms with Gasteiger partial charge in [0.15, 0.2) is 11.7 Å². The van der Waals surface area contributed by atoms with Crippen LogP contribution < -0.4 is 26.2 Å². The largest absolute Gasteiger partial charge is 0.424 e.